The normalized spacial score (nSPS) is 11.4. The van der Waals surface area contributed by atoms with Gasteiger partial charge in [-0.1, -0.05) is 12.1 Å². The fourth-order valence-electron chi connectivity index (χ4n) is 7.07. The Morgan fingerprint density at radius 1 is 0.382 bits per heavy atom. The Morgan fingerprint density at radius 3 is 0.909 bits per heavy atom. The van der Waals surface area contributed by atoms with E-state index in [1.54, 1.807) is 0 Å². The second-order valence-corrected chi connectivity index (χ2v) is 13.4. The minimum Gasteiger partial charge on any atom is -1.00 e. The minimum atomic E-state index is 0. The zero-order valence-corrected chi connectivity index (χ0v) is 32.6. The van der Waals surface area contributed by atoms with Gasteiger partial charge in [0.2, 0.25) is 0 Å². The molecule has 11 heteroatoms. The number of aromatic amines is 2. The number of nitrogens with zero attached hydrogens (tertiary/aromatic N) is 5. The number of hydrogen-bond acceptors (Lipinski definition) is 3. The van der Waals surface area contributed by atoms with Crippen LogP contribution in [-0.4, -0.2) is 19.9 Å². The molecule has 0 aliphatic carbocycles. The highest BCUT2D eigenvalue weighted by atomic mass is 35.5. The van der Waals surface area contributed by atoms with E-state index < -0.39 is 0 Å². The van der Waals surface area contributed by atoms with Crippen LogP contribution in [0.4, 0.5) is 5.69 Å². The molecule has 9 rings (SSSR count). The molecule has 8 bridgehead atoms. The zero-order valence-electron chi connectivity index (χ0n) is 30.3. The standard InChI is InChI=1S/C44H36N8.3ClH/c1-50-22-16-29(17-23-50)42-35-10-8-33(46-35)41(28-4-6-32(45)7-5-28)34-9-11-36(47-34)43(30-18-24-51(2)25-19-30)38-13-15-40(49-38)44(39-14-12-37(42)48-39)31-20-26-52(3)27-21-31;;;/h4-27H,1-3H3,(H3,45,46,47,48,49);3*1H/q+2;;;/p-2. The molecule has 0 atom stereocenters. The topological polar surface area (TPSA) is 95.0 Å². The van der Waals surface area contributed by atoms with E-state index in [9.17, 15) is 0 Å². The smallest absolute Gasteiger partial charge is 0.169 e. The predicted octanol–water partition coefficient (Wildman–Crippen LogP) is -1.61. The minimum absolute atomic E-state index is 0. The monoisotopic (exact) mass is 782 g/mol. The van der Waals surface area contributed by atoms with Crippen LogP contribution in [0.5, 0.6) is 0 Å². The number of aromatic nitrogens is 7. The van der Waals surface area contributed by atoms with Gasteiger partial charge in [0.05, 0.1) is 22.8 Å². The first-order chi connectivity index (χ1) is 25.4. The summed E-state index contributed by atoms with van der Waals surface area (Å²) in [5.74, 6) is 0. The highest BCUT2D eigenvalue weighted by molar-refractivity contribution is 5.99. The lowest BCUT2D eigenvalue weighted by Gasteiger charge is -2.06. The van der Waals surface area contributed by atoms with Gasteiger partial charge in [-0.3, -0.25) is 0 Å². The molecule has 2 aliphatic rings. The Morgan fingerprint density at radius 2 is 0.636 bits per heavy atom. The second-order valence-electron chi connectivity index (χ2n) is 13.4. The predicted molar refractivity (Wildman–Crippen MR) is 209 cm³/mol. The van der Waals surface area contributed by atoms with Crippen LogP contribution in [0.25, 0.3) is 90.9 Å². The molecule has 2 aliphatic heterocycles. The van der Waals surface area contributed by atoms with Crippen LogP contribution in [0.2, 0.25) is 0 Å². The number of rotatable bonds is 4. The number of nitrogens with one attached hydrogen (secondary N) is 2. The van der Waals surface area contributed by atoms with Crippen LogP contribution in [0.15, 0.2) is 122 Å². The first kappa shape index (κ1) is 38.7. The van der Waals surface area contributed by atoms with Crippen LogP contribution in [-0.2, 0) is 21.1 Å². The molecule has 0 saturated carbocycles. The molecule has 4 N–H and O–H groups in total. The van der Waals surface area contributed by atoms with Crippen LogP contribution < -0.4 is 56.7 Å². The summed E-state index contributed by atoms with van der Waals surface area (Å²) in [7, 11) is 6.09. The van der Waals surface area contributed by atoms with E-state index in [2.05, 4.69) is 144 Å². The molecule has 274 valence electrons. The molecule has 7 aromatic rings. The number of nitrogens with two attached hydrogens (primary N) is 1. The summed E-state index contributed by atoms with van der Waals surface area (Å²) in [6, 6.07) is 29.4. The van der Waals surface area contributed by atoms with E-state index in [0.29, 0.717) is 5.69 Å². The molecular weight excluding hydrogens is 747 g/mol. The molecule has 0 unspecified atom stereocenters. The van der Waals surface area contributed by atoms with Crippen molar-refractivity contribution >= 4 is 52.1 Å². The molecule has 0 fully saturated rings. The van der Waals surface area contributed by atoms with Gasteiger partial charge in [0.1, 0.15) is 21.1 Å². The van der Waals surface area contributed by atoms with Crippen molar-refractivity contribution in [2.45, 2.75) is 0 Å². The number of benzene rings is 1. The summed E-state index contributed by atoms with van der Waals surface area (Å²) in [4.78, 5) is 18.4. The molecule has 0 saturated heterocycles. The first-order valence-electron chi connectivity index (χ1n) is 17.3. The molecule has 8 nitrogen and oxygen atoms in total. The zero-order chi connectivity index (χ0) is 35.3. The Labute approximate surface area is 337 Å². The number of anilines is 1. The summed E-state index contributed by atoms with van der Waals surface area (Å²) < 4.78 is 6.13. The molecule has 1 aromatic carbocycles. The van der Waals surface area contributed by atoms with Gasteiger partial charge in [-0.25, -0.2) is 23.7 Å². The highest BCUT2D eigenvalue weighted by Crippen LogP contribution is 2.38. The molecule has 55 heavy (non-hydrogen) atoms. The fraction of sp³-hybridized carbons (Fsp3) is 0.0682. The lowest BCUT2D eigenvalue weighted by molar-refractivity contribution is -0.671. The number of fused-ring (bicyclic) bond motifs is 8. The second kappa shape index (κ2) is 15.7. The van der Waals surface area contributed by atoms with Crippen LogP contribution >= 0.6 is 0 Å². The molecule has 0 radical (unpaired) electrons. The molecule has 6 aromatic heterocycles. The molecular formula is C44H37Cl3N8. The number of halogens is 3. The van der Waals surface area contributed by atoms with Gasteiger partial charge in [-0.15, -0.1) is 0 Å². The summed E-state index contributed by atoms with van der Waals surface area (Å²) in [5.41, 5.74) is 22.4. The van der Waals surface area contributed by atoms with Gasteiger partial charge in [0.25, 0.3) is 0 Å². The third kappa shape index (κ3) is 7.27. The van der Waals surface area contributed by atoms with Crippen molar-refractivity contribution in [2.24, 2.45) is 21.1 Å². The maximum atomic E-state index is 6.16. The van der Waals surface area contributed by atoms with Crippen molar-refractivity contribution in [3.63, 3.8) is 0 Å². The third-order valence-corrected chi connectivity index (χ3v) is 9.75. The third-order valence-electron chi connectivity index (χ3n) is 9.75. The van der Waals surface area contributed by atoms with Crippen molar-refractivity contribution in [2.75, 3.05) is 5.73 Å². The average molecular weight is 784 g/mol. The van der Waals surface area contributed by atoms with Crippen molar-refractivity contribution in [1.82, 2.24) is 19.9 Å². The fourth-order valence-corrected chi connectivity index (χ4v) is 7.07. The van der Waals surface area contributed by atoms with Crippen molar-refractivity contribution in [3.8, 4) is 44.5 Å². The van der Waals surface area contributed by atoms with E-state index >= 15 is 0 Å². The van der Waals surface area contributed by atoms with E-state index in [1.165, 1.54) is 0 Å². The van der Waals surface area contributed by atoms with Crippen molar-refractivity contribution in [1.29, 1.82) is 0 Å². The van der Waals surface area contributed by atoms with E-state index in [4.69, 9.17) is 15.7 Å². The van der Waals surface area contributed by atoms with Gasteiger partial charge in [0.15, 0.2) is 37.2 Å². The summed E-state index contributed by atoms with van der Waals surface area (Å²) in [5, 5.41) is 0. The summed E-state index contributed by atoms with van der Waals surface area (Å²) >= 11 is 0. The van der Waals surface area contributed by atoms with E-state index in [0.717, 1.165) is 89.4 Å². The van der Waals surface area contributed by atoms with E-state index in [1.807, 2.05) is 47.0 Å². The number of hydrogen-bond donors (Lipinski definition) is 3. The summed E-state index contributed by atoms with van der Waals surface area (Å²) in [6.07, 6.45) is 20.9. The van der Waals surface area contributed by atoms with Crippen LogP contribution in [0.3, 0.4) is 0 Å². The SMILES string of the molecule is C[n+]1ccc(-c2c3nc(c(-c4cc[n+](C)cc4)c4ccc([nH]4)c(-c4cc[n+](C)cc4)c4nc(c(-c5ccc(N)cc5)c5ccc2[nH]5)C=C4)C=C3)cc1.[Cl-].[Cl-].[Cl-]. The number of pyridine rings is 3. The van der Waals surface area contributed by atoms with E-state index in [-0.39, 0.29) is 37.2 Å². The lowest BCUT2D eigenvalue weighted by atomic mass is 10.0. The maximum Gasteiger partial charge on any atom is 0.169 e. The summed E-state index contributed by atoms with van der Waals surface area (Å²) in [6.45, 7) is 0. The molecule has 0 spiro atoms. The average Bonchev–Trinajstić information content (AvgIpc) is 3.99. The van der Waals surface area contributed by atoms with Gasteiger partial charge in [0, 0.05) is 86.4 Å². The number of nitrogen functional groups attached to an aromatic ring is 1. The number of aryl methyl sites for hydroxylation is 3. The quantitative estimate of drug-likeness (QED) is 0.148. The van der Waals surface area contributed by atoms with Gasteiger partial charge in [-0.05, 0) is 83.0 Å². The van der Waals surface area contributed by atoms with Crippen molar-refractivity contribution < 1.29 is 50.9 Å². The van der Waals surface area contributed by atoms with Gasteiger partial charge in [-0.2, -0.15) is 0 Å². The Hall–Kier alpha value is -6.06. The molecule has 8 heterocycles. The number of H-pyrrole nitrogens is 2. The Kier molecular flexibility index (Phi) is 11.1. The molecule has 0 amide bonds. The van der Waals surface area contributed by atoms with Crippen molar-refractivity contribution in [3.05, 3.63) is 145 Å². The Balaban J connectivity index is 0.00000171. The highest BCUT2D eigenvalue weighted by Gasteiger charge is 2.19. The van der Waals surface area contributed by atoms with Crippen LogP contribution in [0, 0.1) is 0 Å². The first-order valence-corrected chi connectivity index (χ1v) is 17.3. The maximum absolute atomic E-state index is 6.16. The van der Waals surface area contributed by atoms with Gasteiger partial charge >= 0.3 is 0 Å². The van der Waals surface area contributed by atoms with Gasteiger partial charge < -0.3 is 52.9 Å². The lowest BCUT2D eigenvalue weighted by Crippen LogP contribution is -3.00. The largest absolute Gasteiger partial charge is 1.00 e. The van der Waals surface area contributed by atoms with Crippen LogP contribution in [0.1, 0.15) is 22.8 Å². The Bertz CT molecular complexity index is 2380.